The van der Waals surface area contributed by atoms with Crippen LogP contribution in [-0.4, -0.2) is 35.9 Å². The minimum absolute atomic E-state index is 0.00350. The van der Waals surface area contributed by atoms with Gasteiger partial charge in [-0.1, -0.05) is 18.2 Å². The second-order valence-corrected chi connectivity index (χ2v) is 7.60. The van der Waals surface area contributed by atoms with Crippen LogP contribution in [0, 0.1) is 13.8 Å². The van der Waals surface area contributed by atoms with E-state index in [0.717, 1.165) is 34.1 Å². The summed E-state index contributed by atoms with van der Waals surface area (Å²) in [4.78, 5) is 42.8. The Bertz CT molecular complexity index is 1220. The molecule has 0 spiro atoms. The van der Waals surface area contributed by atoms with Gasteiger partial charge in [0.25, 0.3) is 5.91 Å². The molecule has 7 heteroatoms. The molecule has 0 bridgehead atoms. The molecule has 0 fully saturated rings. The predicted octanol–water partition coefficient (Wildman–Crippen LogP) is 3.56. The third-order valence-electron chi connectivity index (χ3n) is 5.51. The minimum atomic E-state index is -0.575. The fourth-order valence-corrected chi connectivity index (χ4v) is 4.04. The lowest BCUT2D eigenvalue weighted by Gasteiger charge is -2.15. The van der Waals surface area contributed by atoms with Crippen molar-refractivity contribution < 1.29 is 19.1 Å². The van der Waals surface area contributed by atoms with E-state index in [1.54, 1.807) is 17.9 Å². The monoisotopic (exact) mass is 417 g/mol. The summed E-state index contributed by atoms with van der Waals surface area (Å²) in [7, 11) is 0. The molecule has 0 unspecified atom stereocenters. The summed E-state index contributed by atoms with van der Waals surface area (Å²) in [5.41, 5.74) is 5.01. The minimum Gasteiger partial charge on any atom is -0.452 e. The third kappa shape index (κ3) is 3.99. The summed E-state index contributed by atoms with van der Waals surface area (Å²) in [6.45, 7) is 5.38. The Kier molecular flexibility index (Phi) is 5.42. The number of para-hydroxylation sites is 1. The number of ether oxygens (including phenoxy) is 1. The smallest absolute Gasteiger partial charge is 0.340 e. The highest BCUT2D eigenvalue weighted by atomic mass is 16.5. The molecule has 3 aromatic rings. The van der Waals surface area contributed by atoms with Crippen LogP contribution in [0.2, 0.25) is 0 Å². The quantitative estimate of drug-likeness (QED) is 0.656. The molecule has 1 N–H and O–H groups in total. The molecule has 2 heterocycles. The molecule has 2 aromatic carbocycles. The first kappa shape index (κ1) is 20.5. The topological polar surface area (TPSA) is 88.6 Å². The van der Waals surface area contributed by atoms with Crippen LogP contribution in [0.15, 0.2) is 42.5 Å². The first-order valence-electron chi connectivity index (χ1n) is 10.1. The number of carbonyl (C=O) groups excluding carboxylic acids is 3. The van der Waals surface area contributed by atoms with Crippen molar-refractivity contribution in [1.29, 1.82) is 0 Å². The van der Waals surface area contributed by atoms with E-state index in [1.807, 2.05) is 43.3 Å². The highest BCUT2D eigenvalue weighted by molar-refractivity contribution is 6.00. The average Bonchev–Trinajstić information content (AvgIpc) is 3.16. The van der Waals surface area contributed by atoms with Gasteiger partial charge in [-0.2, -0.15) is 0 Å². The van der Waals surface area contributed by atoms with Crippen molar-refractivity contribution in [3.63, 3.8) is 0 Å². The lowest BCUT2D eigenvalue weighted by molar-refractivity contribution is -0.119. The molecule has 1 aliphatic rings. The summed E-state index contributed by atoms with van der Waals surface area (Å²) >= 11 is 0. The molecule has 0 saturated heterocycles. The molecular weight excluding hydrogens is 394 g/mol. The summed E-state index contributed by atoms with van der Waals surface area (Å²) in [5, 5.41) is 3.62. The lowest BCUT2D eigenvalue weighted by Crippen LogP contribution is -2.25. The van der Waals surface area contributed by atoms with Gasteiger partial charge in [-0.15, -0.1) is 0 Å². The summed E-state index contributed by atoms with van der Waals surface area (Å²) in [6.07, 6.45) is 0.737. The zero-order chi connectivity index (χ0) is 22.1. The van der Waals surface area contributed by atoms with Crippen molar-refractivity contribution >= 4 is 40.1 Å². The number of anilines is 2. The van der Waals surface area contributed by atoms with Gasteiger partial charge in [0.1, 0.15) is 0 Å². The largest absolute Gasteiger partial charge is 0.452 e. The van der Waals surface area contributed by atoms with E-state index >= 15 is 0 Å². The van der Waals surface area contributed by atoms with Crippen molar-refractivity contribution in [2.45, 2.75) is 27.2 Å². The van der Waals surface area contributed by atoms with Crippen LogP contribution in [-0.2, 0) is 20.7 Å². The van der Waals surface area contributed by atoms with Crippen LogP contribution in [0.5, 0.6) is 0 Å². The maximum Gasteiger partial charge on any atom is 0.340 e. The summed E-state index contributed by atoms with van der Waals surface area (Å²) in [6, 6.07) is 13.0. The number of carbonyl (C=O) groups is 3. The Labute approximate surface area is 180 Å². The molecule has 1 aliphatic heterocycles. The maximum atomic E-state index is 12.7. The van der Waals surface area contributed by atoms with Gasteiger partial charge < -0.3 is 15.0 Å². The molecule has 31 heavy (non-hydrogen) atoms. The molecule has 1 aromatic heterocycles. The van der Waals surface area contributed by atoms with Gasteiger partial charge in [0.2, 0.25) is 5.91 Å². The zero-order valence-electron chi connectivity index (χ0n) is 17.7. The van der Waals surface area contributed by atoms with E-state index in [0.29, 0.717) is 23.5 Å². The number of amides is 2. The zero-order valence-corrected chi connectivity index (χ0v) is 17.7. The van der Waals surface area contributed by atoms with Gasteiger partial charge in [0, 0.05) is 30.2 Å². The second-order valence-electron chi connectivity index (χ2n) is 7.60. The molecule has 158 valence electrons. The number of hydrogen-bond acceptors (Lipinski definition) is 5. The number of fused-ring (bicyclic) bond motifs is 2. The molecule has 0 atom stereocenters. The Morgan fingerprint density at radius 3 is 2.68 bits per heavy atom. The van der Waals surface area contributed by atoms with Crippen LogP contribution in [0.25, 0.3) is 10.9 Å². The van der Waals surface area contributed by atoms with Gasteiger partial charge in [0.15, 0.2) is 6.61 Å². The average molecular weight is 417 g/mol. The van der Waals surface area contributed by atoms with E-state index in [2.05, 4.69) is 10.3 Å². The van der Waals surface area contributed by atoms with Crippen molar-refractivity contribution in [2.24, 2.45) is 0 Å². The van der Waals surface area contributed by atoms with Gasteiger partial charge in [-0.25, -0.2) is 4.79 Å². The van der Waals surface area contributed by atoms with Crippen LogP contribution in [0.3, 0.4) is 0 Å². The van der Waals surface area contributed by atoms with Gasteiger partial charge >= 0.3 is 5.97 Å². The molecule has 0 saturated carbocycles. The number of nitrogens with zero attached hydrogens (tertiary/aromatic N) is 2. The molecule has 2 amide bonds. The van der Waals surface area contributed by atoms with Crippen molar-refractivity contribution in [3.8, 4) is 0 Å². The fraction of sp³-hybridized carbons (Fsp3) is 0.250. The molecule has 7 nitrogen and oxygen atoms in total. The number of rotatable bonds is 4. The standard InChI is InChI=1S/C24H23N3O4/c1-14-19-6-4-5-7-20(19)25-15(2)23(14)24(30)31-13-22(29)26-18-8-9-21-17(12-18)10-11-27(21)16(3)28/h4-9,12H,10-11,13H2,1-3H3,(H,26,29). The number of aryl methyl sites for hydroxylation is 2. The van der Waals surface area contributed by atoms with Gasteiger partial charge in [0.05, 0.1) is 16.8 Å². The number of pyridine rings is 1. The fourth-order valence-electron chi connectivity index (χ4n) is 4.04. The maximum absolute atomic E-state index is 12.7. The van der Waals surface area contributed by atoms with E-state index < -0.39 is 18.5 Å². The molecule has 0 radical (unpaired) electrons. The second kappa shape index (κ2) is 8.18. The van der Waals surface area contributed by atoms with Crippen LogP contribution < -0.4 is 10.2 Å². The van der Waals surface area contributed by atoms with Crippen LogP contribution in [0.1, 0.15) is 34.1 Å². The van der Waals surface area contributed by atoms with Gasteiger partial charge in [-0.05, 0) is 55.7 Å². The van der Waals surface area contributed by atoms with E-state index in [1.165, 1.54) is 6.92 Å². The Hall–Kier alpha value is -3.74. The van der Waals surface area contributed by atoms with E-state index in [-0.39, 0.29) is 5.91 Å². The molecule has 4 rings (SSSR count). The van der Waals surface area contributed by atoms with Crippen molar-refractivity contribution in [1.82, 2.24) is 4.98 Å². The molecule has 0 aliphatic carbocycles. The lowest BCUT2D eigenvalue weighted by atomic mass is 10.0. The number of aromatic nitrogens is 1. The van der Waals surface area contributed by atoms with Gasteiger partial charge in [-0.3, -0.25) is 14.6 Å². The normalized spacial score (nSPS) is 12.5. The first-order valence-corrected chi connectivity index (χ1v) is 10.1. The SMILES string of the molecule is CC(=O)N1CCc2cc(NC(=O)COC(=O)c3c(C)nc4ccccc4c3C)ccc21. The van der Waals surface area contributed by atoms with Crippen molar-refractivity contribution in [2.75, 3.05) is 23.4 Å². The number of hydrogen-bond donors (Lipinski definition) is 1. The third-order valence-corrected chi connectivity index (χ3v) is 5.51. The summed E-state index contributed by atoms with van der Waals surface area (Å²) in [5.74, 6) is -1.01. The molecular formula is C24H23N3O4. The van der Waals surface area contributed by atoms with E-state index in [4.69, 9.17) is 4.74 Å². The highest BCUT2D eigenvalue weighted by Gasteiger charge is 2.23. The Morgan fingerprint density at radius 1 is 1.13 bits per heavy atom. The van der Waals surface area contributed by atoms with Crippen LogP contribution >= 0.6 is 0 Å². The van der Waals surface area contributed by atoms with Crippen LogP contribution in [0.4, 0.5) is 11.4 Å². The number of nitrogens with one attached hydrogen (secondary N) is 1. The van der Waals surface area contributed by atoms with E-state index in [9.17, 15) is 14.4 Å². The van der Waals surface area contributed by atoms with Crippen molar-refractivity contribution in [3.05, 3.63) is 64.8 Å². The number of benzene rings is 2. The first-order chi connectivity index (χ1) is 14.8. The highest BCUT2D eigenvalue weighted by Crippen LogP contribution is 2.30. The summed E-state index contributed by atoms with van der Waals surface area (Å²) < 4.78 is 5.27. The Morgan fingerprint density at radius 2 is 1.90 bits per heavy atom. The Balaban J connectivity index is 1.42. The predicted molar refractivity (Wildman–Crippen MR) is 118 cm³/mol. The number of esters is 1.